The highest BCUT2D eigenvalue weighted by Crippen LogP contribution is 2.61. The number of rotatable bonds is 2. The Bertz CT molecular complexity index is 1300. The van der Waals surface area contributed by atoms with Crippen molar-refractivity contribution in [3.05, 3.63) is 62.1 Å². The smallest absolute Gasteiger partial charge is 0.269 e. The number of benzene rings is 2. The summed E-state index contributed by atoms with van der Waals surface area (Å²) in [6.45, 7) is 2.28. The van der Waals surface area contributed by atoms with Gasteiger partial charge >= 0.3 is 0 Å². The monoisotopic (exact) mass is 510 g/mol. The van der Waals surface area contributed by atoms with Gasteiger partial charge in [-0.3, -0.25) is 29.4 Å². The van der Waals surface area contributed by atoms with E-state index in [-0.39, 0.29) is 23.5 Å². The molecule has 168 valence electrons. The van der Waals surface area contributed by atoms with E-state index in [0.29, 0.717) is 29.0 Å². The number of nitrogens with one attached hydrogen (secondary N) is 1. The molecule has 0 aromatic heterocycles. The molecule has 4 heterocycles. The number of nitro groups is 1. The number of anilines is 2. The maximum absolute atomic E-state index is 14.0. The van der Waals surface area contributed by atoms with Gasteiger partial charge in [-0.2, -0.15) is 0 Å². The number of carbonyl (C=O) groups is 3. The van der Waals surface area contributed by atoms with Gasteiger partial charge in [-0.25, -0.2) is 4.90 Å². The number of halogens is 1. The molecule has 3 amide bonds. The molecule has 33 heavy (non-hydrogen) atoms. The lowest BCUT2D eigenvalue weighted by Gasteiger charge is -2.36. The number of amides is 3. The number of carbonyl (C=O) groups excluding carboxylic acids is 3. The van der Waals surface area contributed by atoms with Gasteiger partial charge in [0.25, 0.3) is 5.69 Å². The number of hydrogen-bond donors (Lipinski definition) is 1. The summed E-state index contributed by atoms with van der Waals surface area (Å²) in [7, 11) is 0. The van der Waals surface area contributed by atoms with Crippen LogP contribution in [0.15, 0.2) is 40.9 Å². The predicted molar refractivity (Wildman–Crippen MR) is 121 cm³/mol. The van der Waals surface area contributed by atoms with Gasteiger partial charge in [0, 0.05) is 33.9 Å². The summed E-state index contributed by atoms with van der Waals surface area (Å²) in [6.07, 6.45) is 1.57. The molecule has 0 saturated carbocycles. The summed E-state index contributed by atoms with van der Waals surface area (Å²) in [6, 6.07) is 9.39. The van der Waals surface area contributed by atoms with Crippen molar-refractivity contribution >= 4 is 50.7 Å². The molecule has 0 aliphatic carbocycles. The zero-order valence-electron chi connectivity index (χ0n) is 17.6. The van der Waals surface area contributed by atoms with Crippen LogP contribution >= 0.6 is 15.9 Å². The average Bonchev–Trinajstić information content (AvgIpc) is 3.47. The third-order valence-corrected chi connectivity index (χ3v) is 8.08. The SMILES string of the molecule is Cc1cc([N+](=O)[O-])ccc1N1C(=O)[C@@H]2[C@H]3CCCN3[C@@]3(C(=O)Nc4ccc(Br)cc43)[C@@H]2C1=O. The van der Waals surface area contributed by atoms with E-state index in [1.807, 2.05) is 18.2 Å². The number of fused-ring (bicyclic) bond motifs is 7. The first kappa shape index (κ1) is 20.5. The quantitative estimate of drug-likeness (QED) is 0.377. The average molecular weight is 511 g/mol. The van der Waals surface area contributed by atoms with Crippen LogP contribution in [0.4, 0.5) is 17.1 Å². The van der Waals surface area contributed by atoms with Gasteiger partial charge in [-0.1, -0.05) is 15.9 Å². The van der Waals surface area contributed by atoms with Gasteiger partial charge in [0.2, 0.25) is 17.7 Å². The Morgan fingerprint density at radius 1 is 1.15 bits per heavy atom. The molecule has 6 rings (SSSR count). The molecule has 0 bridgehead atoms. The Labute approximate surface area is 197 Å². The van der Waals surface area contributed by atoms with E-state index >= 15 is 0 Å². The minimum Gasteiger partial charge on any atom is -0.324 e. The summed E-state index contributed by atoms with van der Waals surface area (Å²) < 4.78 is 0.788. The predicted octanol–water partition coefficient (Wildman–Crippen LogP) is 3.10. The summed E-state index contributed by atoms with van der Waals surface area (Å²) in [5.41, 5.74) is 0.799. The van der Waals surface area contributed by atoms with Crippen LogP contribution < -0.4 is 10.2 Å². The second-order valence-electron chi connectivity index (χ2n) is 9.06. The van der Waals surface area contributed by atoms with Crippen molar-refractivity contribution in [2.24, 2.45) is 11.8 Å². The molecule has 0 radical (unpaired) electrons. The minimum atomic E-state index is -1.25. The second kappa shape index (κ2) is 6.71. The van der Waals surface area contributed by atoms with Crippen LogP contribution in [0.25, 0.3) is 0 Å². The van der Waals surface area contributed by atoms with Crippen LogP contribution in [0.2, 0.25) is 0 Å². The minimum absolute atomic E-state index is 0.108. The van der Waals surface area contributed by atoms with Crippen molar-refractivity contribution in [1.29, 1.82) is 0 Å². The van der Waals surface area contributed by atoms with Crippen molar-refractivity contribution in [2.75, 3.05) is 16.8 Å². The molecule has 1 N–H and O–H groups in total. The lowest BCUT2D eigenvalue weighted by atomic mass is 9.75. The highest BCUT2D eigenvalue weighted by Gasteiger charge is 2.74. The van der Waals surface area contributed by atoms with Crippen molar-refractivity contribution in [1.82, 2.24) is 4.90 Å². The molecule has 3 saturated heterocycles. The van der Waals surface area contributed by atoms with Gasteiger partial charge in [0.15, 0.2) is 0 Å². The fraction of sp³-hybridized carbons (Fsp3) is 0.348. The number of nitro benzene ring substituents is 1. The number of nitrogens with zero attached hydrogens (tertiary/aromatic N) is 3. The van der Waals surface area contributed by atoms with Crippen LogP contribution in [0.5, 0.6) is 0 Å². The normalized spacial score (nSPS) is 30.1. The van der Waals surface area contributed by atoms with E-state index in [1.54, 1.807) is 6.92 Å². The van der Waals surface area contributed by atoms with Gasteiger partial charge in [0.1, 0.15) is 5.54 Å². The molecule has 9 nitrogen and oxygen atoms in total. The third-order valence-electron chi connectivity index (χ3n) is 7.59. The van der Waals surface area contributed by atoms with Gasteiger partial charge in [-0.15, -0.1) is 0 Å². The summed E-state index contributed by atoms with van der Waals surface area (Å²) >= 11 is 3.49. The van der Waals surface area contributed by atoms with E-state index in [9.17, 15) is 24.5 Å². The van der Waals surface area contributed by atoms with Crippen LogP contribution in [0, 0.1) is 28.9 Å². The van der Waals surface area contributed by atoms with Crippen LogP contribution in [0.1, 0.15) is 24.0 Å². The molecule has 4 aliphatic rings. The molecular weight excluding hydrogens is 492 g/mol. The number of aryl methyl sites for hydroxylation is 1. The number of non-ortho nitro benzene ring substituents is 1. The van der Waals surface area contributed by atoms with E-state index in [2.05, 4.69) is 26.1 Å². The lowest BCUT2D eigenvalue weighted by molar-refractivity contribution is -0.384. The van der Waals surface area contributed by atoms with Crippen molar-refractivity contribution < 1.29 is 19.3 Å². The summed E-state index contributed by atoms with van der Waals surface area (Å²) in [5, 5.41) is 14.1. The van der Waals surface area contributed by atoms with Crippen LogP contribution in [0.3, 0.4) is 0 Å². The Balaban J connectivity index is 1.53. The molecule has 10 heteroatoms. The fourth-order valence-corrected chi connectivity index (χ4v) is 6.78. The Kier molecular flexibility index (Phi) is 4.16. The lowest BCUT2D eigenvalue weighted by Crippen LogP contribution is -2.54. The number of hydrogen-bond acceptors (Lipinski definition) is 6. The molecule has 2 aromatic carbocycles. The summed E-state index contributed by atoms with van der Waals surface area (Å²) in [4.78, 5) is 55.2. The first-order valence-corrected chi connectivity index (χ1v) is 11.6. The first-order chi connectivity index (χ1) is 15.8. The molecule has 4 atom stereocenters. The Morgan fingerprint density at radius 2 is 1.94 bits per heavy atom. The molecule has 4 aliphatic heterocycles. The topological polar surface area (TPSA) is 113 Å². The number of imide groups is 1. The maximum Gasteiger partial charge on any atom is 0.269 e. The van der Waals surface area contributed by atoms with E-state index in [1.165, 1.54) is 18.2 Å². The van der Waals surface area contributed by atoms with E-state index < -0.39 is 28.2 Å². The zero-order chi connectivity index (χ0) is 23.2. The molecule has 0 unspecified atom stereocenters. The third kappa shape index (κ3) is 2.42. The molecule has 1 spiro atoms. The Hall–Kier alpha value is -3.11. The second-order valence-corrected chi connectivity index (χ2v) is 9.97. The van der Waals surface area contributed by atoms with Gasteiger partial charge < -0.3 is 5.32 Å². The summed E-state index contributed by atoms with van der Waals surface area (Å²) in [5.74, 6) is -2.56. The van der Waals surface area contributed by atoms with Crippen LogP contribution in [-0.2, 0) is 19.9 Å². The Morgan fingerprint density at radius 3 is 2.67 bits per heavy atom. The van der Waals surface area contributed by atoms with E-state index in [0.717, 1.165) is 22.2 Å². The molecule has 2 aromatic rings. The highest BCUT2D eigenvalue weighted by molar-refractivity contribution is 9.10. The largest absolute Gasteiger partial charge is 0.324 e. The maximum atomic E-state index is 14.0. The zero-order valence-corrected chi connectivity index (χ0v) is 19.2. The first-order valence-electron chi connectivity index (χ1n) is 10.8. The van der Waals surface area contributed by atoms with Gasteiger partial charge in [-0.05, 0) is 56.1 Å². The van der Waals surface area contributed by atoms with Gasteiger partial charge in [0.05, 0.1) is 22.4 Å². The van der Waals surface area contributed by atoms with Crippen molar-refractivity contribution in [3.63, 3.8) is 0 Å². The van der Waals surface area contributed by atoms with Crippen LogP contribution in [-0.4, -0.2) is 40.1 Å². The molecular formula is C23H19BrN4O5. The fourth-order valence-electron chi connectivity index (χ4n) is 6.42. The van der Waals surface area contributed by atoms with Crippen molar-refractivity contribution in [3.8, 4) is 0 Å². The standard InChI is InChI=1S/C23H19BrN4O5/c1-11-9-13(28(32)33)5-7-16(11)27-20(29)18-17-3-2-8-26(17)23(19(18)21(27)30)14-10-12(24)4-6-15(14)25-22(23)31/h4-7,9-10,17-19H,2-3,8H2,1H3,(H,25,31)/t17-,18-,19+,23-/m1/s1. The van der Waals surface area contributed by atoms with Crippen molar-refractivity contribution in [2.45, 2.75) is 31.3 Å². The molecule has 3 fully saturated rings. The van der Waals surface area contributed by atoms with E-state index in [4.69, 9.17) is 0 Å². The highest BCUT2D eigenvalue weighted by atomic mass is 79.9.